The summed E-state index contributed by atoms with van der Waals surface area (Å²) in [5.41, 5.74) is 2.05. The van der Waals surface area contributed by atoms with Gasteiger partial charge in [-0.25, -0.2) is 4.79 Å². The van der Waals surface area contributed by atoms with Crippen LogP contribution in [0, 0.1) is 0 Å². The summed E-state index contributed by atoms with van der Waals surface area (Å²) in [5, 5.41) is 4.93. The minimum Gasteiger partial charge on any atom is -0.493 e. The molecule has 3 amide bonds. The predicted octanol–water partition coefficient (Wildman–Crippen LogP) is 2.94. The van der Waals surface area contributed by atoms with Crippen LogP contribution in [0.15, 0.2) is 48.5 Å². The number of urea groups is 1. The van der Waals surface area contributed by atoms with Gasteiger partial charge in [-0.3, -0.25) is 15.0 Å². The van der Waals surface area contributed by atoms with Crippen LogP contribution >= 0.6 is 0 Å². The second-order valence-electron chi connectivity index (χ2n) is 6.74. The molecule has 0 bridgehead atoms. The van der Waals surface area contributed by atoms with Crippen molar-refractivity contribution in [2.45, 2.75) is 26.5 Å². The van der Waals surface area contributed by atoms with Gasteiger partial charge in [0.1, 0.15) is 6.61 Å². The molecule has 156 valence electrons. The second kappa shape index (κ2) is 11.7. The molecule has 0 saturated heterocycles. The van der Waals surface area contributed by atoms with E-state index in [-0.39, 0.29) is 12.5 Å². The average Bonchev–Trinajstić information content (AvgIpc) is 2.71. The van der Waals surface area contributed by atoms with E-state index in [9.17, 15) is 9.59 Å². The van der Waals surface area contributed by atoms with Gasteiger partial charge in [-0.15, -0.1) is 0 Å². The number of nitrogens with zero attached hydrogens (tertiary/aromatic N) is 1. The van der Waals surface area contributed by atoms with Crippen LogP contribution in [0.3, 0.4) is 0 Å². The zero-order valence-corrected chi connectivity index (χ0v) is 17.2. The van der Waals surface area contributed by atoms with Crippen molar-refractivity contribution in [3.05, 3.63) is 59.7 Å². The van der Waals surface area contributed by atoms with Gasteiger partial charge in [0.15, 0.2) is 11.5 Å². The molecule has 0 fully saturated rings. The lowest BCUT2D eigenvalue weighted by Crippen LogP contribution is -2.43. The molecule has 2 aromatic rings. The molecule has 0 spiro atoms. The van der Waals surface area contributed by atoms with Gasteiger partial charge < -0.3 is 14.8 Å². The van der Waals surface area contributed by atoms with Gasteiger partial charge in [0.05, 0.1) is 13.7 Å². The SMILES string of the molecule is CCCNC(=O)NC(=O)CN(C)Cc1ccc(OCc2ccccc2)c(OC)c1. The summed E-state index contributed by atoms with van der Waals surface area (Å²) in [4.78, 5) is 25.3. The van der Waals surface area contributed by atoms with Crippen LogP contribution in [0.2, 0.25) is 0 Å². The number of hydrogen-bond acceptors (Lipinski definition) is 5. The molecule has 2 N–H and O–H groups in total. The topological polar surface area (TPSA) is 79.9 Å². The van der Waals surface area contributed by atoms with Crippen LogP contribution in [0.25, 0.3) is 0 Å². The van der Waals surface area contributed by atoms with Crippen molar-refractivity contribution in [3.63, 3.8) is 0 Å². The number of hydrogen-bond donors (Lipinski definition) is 2. The van der Waals surface area contributed by atoms with E-state index >= 15 is 0 Å². The Morgan fingerprint density at radius 1 is 1.03 bits per heavy atom. The van der Waals surface area contributed by atoms with Gasteiger partial charge >= 0.3 is 6.03 Å². The van der Waals surface area contributed by atoms with E-state index in [0.717, 1.165) is 17.5 Å². The minimum atomic E-state index is -0.466. The molecule has 0 aliphatic heterocycles. The Bertz CT molecular complexity index is 796. The quantitative estimate of drug-likeness (QED) is 0.642. The molecule has 29 heavy (non-hydrogen) atoms. The first-order chi connectivity index (χ1) is 14.0. The van der Waals surface area contributed by atoms with E-state index in [4.69, 9.17) is 9.47 Å². The van der Waals surface area contributed by atoms with E-state index in [1.165, 1.54) is 0 Å². The molecular formula is C22H29N3O4. The lowest BCUT2D eigenvalue weighted by molar-refractivity contribution is -0.120. The molecule has 2 rings (SSSR count). The van der Waals surface area contributed by atoms with Crippen molar-refractivity contribution in [2.75, 3.05) is 27.2 Å². The number of imide groups is 1. The molecular weight excluding hydrogens is 370 g/mol. The standard InChI is InChI=1S/C22H29N3O4/c1-4-12-23-22(27)24-21(26)15-25(2)14-18-10-11-19(20(13-18)28-3)29-16-17-8-6-5-7-9-17/h5-11,13H,4,12,14-16H2,1-3H3,(H2,23,24,26,27). The minimum absolute atomic E-state index is 0.105. The van der Waals surface area contributed by atoms with Gasteiger partial charge in [-0.1, -0.05) is 43.3 Å². The maximum atomic E-state index is 12.0. The van der Waals surface area contributed by atoms with Crippen molar-refractivity contribution in [2.24, 2.45) is 0 Å². The largest absolute Gasteiger partial charge is 0.493 e. The fraction of sp³-hybridized carbons (Fsp3) is 0.364. The Balaban J connectivity index is 1.88. The number of amides is 3. The summed E-state index contributed by atoms with van der Waals surface area (Å²) in [6, 6.07) is 15.1. The third-order valence-corrected chi connectivity index (χ3v) is 4.12. The smallest absolute Gasteiger partial charge is 0.321 e. The van der Waals surface area contributed by atoms with Crippen LogP contribution in [0.5, 0.6) is 11.5 Å². The number of rotatable bonds is 10. The van der Waals surface area contributed by atoms with Crippen molar-refractivity contribution in [1.29, 1.82) is 0 Å². The highest BCUT2D eigenvalue weighted by atomic mass is 16.5. The lowest BCUT2D eigenvalue weighted by atomic mass is 10.2. The summed E-state index contributed by atoms with van der Waals surface area (Å²) in [6.07, 6.45) is 0.814. The van der Waals surface area contributed by atoms with Gasteiger partial charge in [0, 0.05) is 13.1 Å². The maximum Gasteiger partial charge on any atom is 0.321 e. The highest BCUT2D eigenvalue weighted by molar-refractivity contribution is 5.95. The Hall–Kier alpha value is -3.06. The first-order valence-electron chi connectivity index (χ1n) is 9.61. The van der Waals surface area contributed by atoms with Crippen LogP contribution in [-0.4, -0.2) is 44.1 Å². The first kappa shape index (κ1) is 22.2. The van der Waals surface area contributed by atoms with Crippen molar-refractivity contribution < 1.29 is 19.1 Å². The third-order valence-electron chi connectivity index (χ3n) is 4.12. The van der Waals surface area contributed by atoms with Gasteiger partial charge in [-0.05, 0) is 36.7 Å². The van der Waals surface area contributed by atoms with Crippen LogP contribution < -0.4 is 20.1 Å². The third kappa shape index (κ3) is 7.83. The molecule has 0 aliphatic carbocycles. The van der Waals surface area contributed by atoms with Gasteiger partial charge in [-0.2, -0.15) is 0 Å². The molecule has 7 nitrogen and oxygen atoms in total. The van der Waals surface area contributed by atoms with Crippen LogP contribution in [0.1, 0.15) is 24.5 Å². The van der Waals surface area contributed by atoms with E-state index in [2.05, 4.69) is 10.6 Å². The monoisotopic (exact) mass is 399 g/mol. The molecule has 0 atom stereocenters. The predicted molar refractivity (Wildman–Crippen MR) is 112 cm³/mol. The zero-order chi connectivity index (χ0) is 21.1. The fourth-order valence-electron chi connectivity index (χ4n) is 2.73. The molecule has 0 radical (unpaired) electrons. The molecule has 0 aromatic heterocycles. The van der Waals surface area contributed by atoms with Gasteiger partial charge in [0.2, 0.25) is 5.91 Å². The van der Waals surface area contributed by atoms with Crippen molar-refractivity contribution in [3.8, 4) is 11.5 Å². The number of carbonyl (C=O) groups is 2. The molecule has 2 aromatic carbocycles. The van der Waals surface area contributed by atoms with E-state index in [1.54, 1.807) is 7.11 Å². The highest BCUT2D eigenvalue weighted by Gasteiger charge is 2.12. The van der Waals surface area contributed by atoms with E-state index in [0.29, 0.717) is 31.2 Å². The number of ether oxygens (including phenoxy) is 2. The normalized spacial score (nSPS) is 10.5. The molecule has 7 heteroatoms. The summed E-state index contributed by atoms with van der Waals surface area (Å²) >= 11 is 0. The van der Waals surface area contributed by atoms with Crippen molar-refractivity contribution in [1.82, 2.24) is 15.5 Å². The Labute approximate surface area is 172 Å². The summed E-state index contributed by atoms with van der Waals surface area (Å²) in [5.74, 6) is 0.944. The summed E-state index contributed by atoms with van der Waals surface area (Å²) in [6.45, 7) is 3.57. The Morgan fingerprint density at radius 2 is 1.79 bits per heavy atom. The number of nitrogens with one attached hydrogen (secondary N) is 2. The van der Waals surface area contributed by atoms with E-state index in [1.807, 2.05) is 67.4 Å². The van der Waals surface area contributed by atoms with Gasteiger partial charge in [0.25, 0.3) is 0 Å². The molecule has 0 unspecified atom stereocenters. The molecule has 0 heterocycles. The zero-order valence-electron chi connectivity index (χ0n) is 17.2. The number of carbonyl (C=O) groups excluding carboxylic acids is 2. The molecule has 0 aliphatic rings. The average molecular weight is 399 g/mol. The Kier molecular flexibility index (Phi) is 8.98. The lowest BCUT2D eigenvalue weighted by Gasteiger charge is -2.18. The fourth-order valence-corrected chi connectivity index (χ4v) is 2.73. The van der Waals surface area contributed by atoms with Crippen LogP contribution in [0.4, 0.5) is 4.79 Å². The number of likely N-dealkylation sites (N-methyl/N-ethyl adjacent to an activating group) is 1. The molecule has 0 saturated carbocycles. The maximum absolute atomic E-state index is 12.0. The van der Waals surface area contributed by atoms with E-state index < -0.39 is 6.03 Å². The van der Waals surface area contributed by atoms with Crippen molar-refractivity contribution >= 4 is 11.9 Å². The summed E-state index contributed by atoms with van der Waals surface area (Å²) in [7, 11) is 3.41. The van der Waals surface area contributed by atoms with Crippen LogP contribution in [-0.2, 0) is 17.9 Å². The highest BCUT2D eigenvalue weighted by Crippen LogP contribution is 2.29. The second-order valence-corrected chi connectivity index (χ2v) is 6.74. The Morgan fingerprint density at radius 3 is 2.48 bits per heavy atom. The number of benzene rings is 2. The summed E-state index contributed by atoms with van der Waals surface area (Å²) < 4.78 is 11.3. The number of methoxy groups -OCH3 is 1. The first-order valence-corrected chi connectivity index (χ1v) is 9.61.